The third-order valence-electron chi connectivity index (χ3n) is 4.57. The van der Waals surface area contributed by atoms with Crippen molar-refractivity contribution in [1.82, 2.24) is 15.5 Å². The molecule has 1 amide bonds. The summed E-state index contributed by atoms with van der Waals surface area (Å²) in [5.74, 6) is 0.555. The van der Waals surface area contributed by atoms with Gasteiger partial charge in [-0.2, -0.15) is 0 Å². The molecule has 0 radical (unpaired) electrons. The normalized spacial score (nSPS) is 31.2. The van der Waals surface area contributed by atoms with Crippen LogP contribution in [0.3, 0.4) is 0 Å². The van der Waals surface area contributed by atoms with Crippen LogP contribution >= 0.6 is 0 Å². The van der Waals surface area contributed by atoms with Gasteiger partial charge >= 0.3 is 0 Å². The van der Waals surface area contributed by atoms with Crippen LogP contribution in [-0.4, -0.2) is 50.1 Å². The van der Waals surface area contributed by atoms with Crippen LogP contribution in [0.15, 0.2) is 0 Å². The average molecular weight is 253 g/mol. The average Bonchev–Trinajstić information content (AvgIpc) is 2.40. The van der Waals surface area contributed by atoms with Gasteiger partial charge in [0.15, 0.2) is 0 Å². The topological polar surface area (TPSA) is 44.4 Å². The van der Waals surface area contributed by atoms with Gasteiger partial charge in [-0.3, -0.25) is 4.79 Å². The molecule has 4 nitrogen and oxygen atoms in total. The molecule has 2 aliphatic rings. The Morgan fingerprint density at radius 1 is 1.00 bits per heavy atom. The van der Waals surface area contributed by atoms with Crippen molar-refractivity contribution in [3.05, 3.63) is 0 Å². The van der Waals surface area contributed by atoms with Crippen LogP contribution in [0.4, 0.5) is 0 Å². The molecular formula is C14H27N3O. The van der Waals surface area contributed by atoms with Crippen LogP contribution in [-0.2, 0) is 4.79 Å². The molecule has 18 heavy (non-hydrogen) atoms. The Kier molecular flexibility index (Phi) is 5.01. The van der Waals surface area contributed by atoms with Crippen molar-refractivity contribution in [1.29, 1.82) is 0 Å². The Balaban J connectivity index is 1.71. The fourth-order valence-corrected chi connectivity index (χ4v) is 3.12. The van der Waals surface area contributed by atoms with Crippen LogP contribution in [0.25, 0.3) is 0 Å². The number of nitrogens with one attached hydrogen (secondary N) is 2. The number of amides is 1. The van der Waals surface area contributed by atoms with E-state index in [1.165, 1.54) is 12.8 Å². The summed E-state index contributed by atoms with van der Waals surface area (Å²) in [6, 6.07) is 1.07. The standard InChI is InChI=1S/C14H27N3O/c1-15-12-3-5-13(6-4-12)16-14(18)11-7-9-17(2)10-8-11/h11-13,15H,3-10H2,1-2H3,(H,16,18). The summed E-state index contributed by atoms with van der Waals surface area (Å²) < 4.78 is 0. The number of carbonyl (C=O) groups is 1. The molecule has 2 N–H and O–H groups in total. The largest absolute Gasteiger partial charge is 0.353 e. The molecule has 0 aromatic rings. The second-order valence-corrected chi connectivity index (χ2v) is 5.92. The first-order valence-electron chi connectivity index (χ1n) is 7.35. The molecule has 0 bridgehead atoms. The maximum absolute atomic E-state index is 12.2. The molecule has 0 aromatic carbocycles. The zero-order valence-electron chi connectivity index (χ0n) is 11.7. The highest BCUT2D eigenvalue weighted by Crippen LogP contribution is 2.21. The quantitative estimate of drug-likeness (QED) is 0.788. The third-order valence-corrected chi connectivity index (χ3v) is 4.57. The van der Waals surface area contributed by atoms with Gasteiger partial charge in [-0.15, -0.1) is 0 Å². The van der Waals surface area contributed by atoms with E-state index >= 15 is 0 Å². The lowest BCUT2D eigenvalue weighted by Gasteiger charge is -2.32. The van der Waals surface area contributed by atoms with E-state index in [0.29, 0.717) is 18.0 Å². The summed E-state index contributed by atoms with van der Waals surface area (Å²) >= 11 is 0. The first-order chi connectivity index (χ1) is 8.69. The molecule has 104 valence electrons. The monoisotopic (exact) mass is 253 g/mol. The van der Waals surface area contributed by atoms with Gasteiger partial charge < -0.3 is 15.5 Å². The number of rotatable bonds is 3. The van der Waals surface area contributed by atoms with Crippen molar-refractivity contribution in [2.75, 3.05) is 27.2 Å². The second kappa shape index (κ2) is 6.53. The van der Waals surface area contributed by atoms with Gasteiger partial charge in [0.2, 0.25) is 5.91 Å². The predicted octanol–water partition coefficient (Wildman–Crippen LogP) is 0.975. The zero-order valence-corrected chi connectivity index (χ0v) is 11.7. The van der Waals surface area contributed by atoms with E-state index < -0.39 is 0 Å². The number of piperidine rings is 1. The summed E-state index contributed by atoms with van der Waals surface area (Å²) in [6.07, 6.45) is 6.68. The number of carbonyl (C=O) groups excluding carboxylic acids is 1. The Morgan fingerprint density at radius 2 is 1.56 bits per heavy atom. The molecule has 1 saturated heterocycles. The van der Waals surface area contributed by atoms with E-state index in [0.717, 1.165) is 38.8 Å². The molecule has 0 unspecified atom stereocenters. The summed E-state index contributed by atoms with van der Waals surface area (Å²) in [5, 5.41) is 6.59. The maximum atomic E-state index is 12.2. The lowest BCUT2D eigenvalue weighted by Crippen LogP contribution is -2.45. The van der Waals surface area contributed by atoms with Gasteiger partial charge in [-0.1, -0.05) is 0 Å². The molecule has 1 aliphatic carbocycles. The summed E-state index contributed by atoms with van der Waals surface area (Å²) in [5.41, 5.74) is 0. The molecule has 4 heteroatoms. The highest BCUT2D eigenvalue weighted by Gasteiger charge is 2.27. The molecule has 2 fully saturated rings. The first-order valence-corrected chi connectivity index (χ1v) is 7.35. The van der Waals surface area contributed by atoms with Crippen molar-refractivity contribution >= 4 is 5.91 Å². The van der Waals surface area contributed by atoms with Crippen LogP contribution in [0.1, 0.15) is 38.5 Å². The summed E-state index contributed by atoms with van der Waals surface area (Å²) in [4.78, 5) is 14.5. The minimum atomic E-state index is 0.253. The summed E-state index contributed by atoms with van der Waals surface area (Å²) in [7, 11) is 4.16. The molecule has 0 aromatic heterocycles. The van der Waals surface area contributed by atoms with Gasteiger partial charge in [-0.05, 0) is 65.7 Å². The third kappa shape index (κ3) is 3.69. The van der Waals surface area contributed by atoms with Crippen molar-refractivity contribution in [2.24, 2.45) is 5.92 Å². The molecule has 2 rings (SSSR count). The van der Waals surface area contributed by atoms with Crippen molar-refractivity contribution < 1.29 is 4.79 Å². The van der Waals surface area contributed by atoms with Crippen molar-refractivity contribution in [3.63, 3.8) is 0 Å². The summed E-state index contributed by atoms with van der Waals surface area (Å²) in [6.45, 7) is 2.12. The van der Waals surface area contributed by atoms with Crippen LogP contribution < -0.4 is 10.6 Å². The van der Waals surface area contributed by atoms with Crippen molar-refractivity contribution in [3.8, 4) is 0 Å². The molecule has 1 heterocycles. The van der Waals surface area contributed by atoms with Crippen molar-refractivity contribution in [2.45, 2.75) is 50.6 Å². The Labute approximate surface area is 110 Å². The van der Waals surface area contributed by atoms with Gasteiger partial charge in [-0.25, -0.2) is 0 Å². The second-order valence-electron chi connectivity index (χ2n) is 5.92. The van der Waals surface area contributed by atoms with Crippen LogP contribution in [0, 0.1) is 5.92 Å². The minimum absolute atomic E-state index is 0.253. The Bertz CT molecular complexity index is 266. The Hall–Kier alpha value is -0.610. The number of nitrogens with zero attached hydrogens (tertiary/aromatic N) is 1. The van der Waals surface area contributed by atoms with E-state index in [-0.39, 0.29) is 5.92 Å². The van der Waals surface area contributed by atoms with Crippen LogP contribution in [0.5, 0.6) is 0 Å². The molecule has 1 aliphatic heterocycles. The minimum Gasteiger partial charge on any atom is -0.353 e. The van der Waals surface area contributed by atoms with E-state index in [9.17, 15) is 4.79 Å². The maximum Gasteiger partial charge on any atom is 0.223 e. The fraction of sp³-hybridized carbons (Fsp3) is 0.929. The van der Waals surface area contributed by atoms with Gasteiger partial charge in [0.05, 0.1) is 0 Å². The van der Waals surface area contributed by atoms with Gasteiger partial charge in [0, 0.05) is 18.0 Å². The lowest BCUT2D eigenvalue weighted by atomic mass is 9.90. The zero-order chi connectivity index (χ0) is 13.0. The van der Waals surface area contributed by atoms with Gasteiger partial charge in [0.1, 0.15) is 0 Å². The van der Waals surface area contributed by atoms with E-state index in [1.54, 1.807) is 0 Å². The first kappa shape index (κ1) is 13.8. The predicted molar refractivity (Wildman–Crippen MR) is 73.5 cm³/mol. The number of hydrogen-bond donors (Lipinski definition) is 2. The molecule has 1 saturated carbocycles. The van der Waals surface area contributed by atoms with Gasteiger partial charge in [0.25, 0.3) is 0 Å². The number of hydrogen-bond acceptors (Lipinski definition) is 3. The van der Waals surface area contributed by atoms with E-state index in [1.807, 2.05) is 7.05 Å². The highest BCUT2D eigenvalue weighted by molar-refractivity contribution is 5.79. The van der Waals surface area contributed by atoms with E-state index in [2.05, 4.69) is 22.6 Å². The Morgan fingerprint density at radius 3 is 2.11 bits per heavy atom. The number of likely N-dealkylation sites (tertiary alicyclic amines) is 1. The SMILES string of the molecule is CNC1CCC(NC(=O)C2CCN(C)CC2)CC1. The highest BCUT2D eigenvalue weighted by atomic mass is 16.1. The fourth-order valence-electron chi connectivity index (χ4n) is 3.12. The molecule has 0 atom stereocenters. The lowest BCUT2D eigenvalue weighted by molar-refractivity contribution is -0.127. The smallest absolute Gasteiger partial charge is 0.223 e. The van der Waals surface area contributed by atoms with Crippen LogP contribution in [0.2, 0.25) is 0 Å². The molecule has 0 spiro atoms. The van der Waals surface area contributed by atoms with E-state index in [4.69, 9.17) is 0 Å². The molecular weight excluding hydrogens is 226 g/mol.